The molecule has 2 atom stereocenters. The average molecular weight is 490 g/mol. The van der Waals surface area contributed by atoms with E-state index in [2.05, 4.69) is 10.6 Å². The highest BCUT2D eigenvalue weighted by Gasteiger charge is 2.44. The normalized spacial score (nSPS) is 13.9. The first kappa shape index (κ1) is 30.5. The quantitative estimate of drug-likeness (QED) is 0.484. The fourth-order valence-electron chi connectivity index (χ4n) is 3.99. The fraction of sp³-hybridized carbons (Fsp3) is 0.679. The summed E-state index contributed by atoms with van der Waals surface area (Å²) in [7, 11) is 0. The molecule has 35 heavy (non-hydrogen) atoms. The van der Waals surface area contributed by atoms with Crippen LogP contribution in [0.3, 0.4) is 0 Å². The highest BCUT2D eigenvalue weighted by atomic mass is 16.6. The van der Waals surface area contributed by atoms with Gasteiger partial charge in [0.15, 0.2) is 0 Å². The maximum Gasteiger partial charge on any atom is 0.408 e. The largest absolute Gasteiger partial charge is 0.444 e. The summed E-state index contributed by atoms with van der Waals surface area (Å²) >= 11 is 0. The molecule has 3 amide bonds. The molecule has 198 valence electrons. The molecular formula is C28H47N3O4. The van der Waals surface area contributed by atoms with Gasteiger partial charge in [-0.2, -0.15) is 0 Å². The van der Waals surface area contributed by atoms with Crippen LogP contribution in [0, 0.1) is 19.8 Å². The van der Waals surface area contributed by atoms with Crippen LogP contribution in [0.5, 0.6) is 0 Å². The van der Waals surface area contributed by atoms with Gasteiger partial charge in [0.05, 0.1) is 0 Å². The second-order valence-corrected chi connectivity index (χ2v) is 11.7. The van der Waals surface area contributed by atoms with Crippen molar-refractivity contribution in [3.05, 3.63) is 34.9 Å². The molecule has 0 aromatic heterocycles. The Morgan fingerprint density at radius 3 is 1.83 bits per heavy atom. The number of hydrogen-bond donors (Lipinski definition) is 2. The van der Waals surface area contributed by atoms with Crippen molar-refractivity contribution >= 4 is 17.9 Å². The Balaban J connectivity index is 3.68. The maximum atomic E-state index is 14.2. The van der Waals surface area contributed by atoms with Crippen molar-refractivity contribution < 1.29 is 19.1 Å². The molecule has 1 aromatic carbocycles. The van der Waals surface area contributed by atoms with Gasteiger partial charge in [-0.3, -0.25) is 9.59 Å². The van der Waals surface area contributed by atoms with Gasteiger partial charge < -0.3 is 20.3 Å². The molecule has 0 fully saturated rings. The number of ether oxygens (including phenoxy) is 1. The number of nitrogens with one attached hydrogen (secondary N) is 2. The first-order valence-corrected chi connectivity index (χ1v) is 12.6. The van der Waals surface area contributed by atoms with E-state index in [-0.39, 0.29) is 23.8 Å². The molecule has 7 nitrogen and oxygen atoms in total. The summed E-state index contributed by atoms with van der Waals surface area (Å²) < 4.78 is 5.44. The van der Waals surface area contributed by atoms with Crippen molar-refractivity contribution in [2.45, 2.75) is 119 Å². The molecule has 2 N–H and O–H groups in total. The molecule has 0 aliphatic heterocycles. The van der Waals surface area contributed by atoms with Crippen LogP contribution in [0.25, 0.3) is 0 Å². The van der Waals surface area contributed by atoms with E-state index in [0.29, 0.717) is 6.42 Å². The number of aryl methyl sites for hydroxylation is 2. The van der Waals surface area contributed by atoms with Crippen LogP contribution in [0.15, 0.2) is 18.2 Å². The van der Waals surface area contributed by atoms with Crippen LogP contribution in [0.1, 0.15) is 98.4 Å². The number of hydrogen-bond acceptors (Lipinski definition) is 4. The van der Waals surface area contributed by atoms with Crippen molar-refractivity contribution in [1.29, 1.82) is 0 Å². The lowest BCUT2D eigenvalue weighted by Crippen LogP contribution is -2.60. The Hall–Kier alpha value is -2.57. The molecule has 1 aromatic rings. The van der Waals surface area contributed by atoms with Crippen molar-refractivity contribution in [1.82, 2.24) is 15.5 Å². The standard InChI is InChI=1S/C28H47N3O4/c1-13-28(11,12)31(25(33)22(17(2)3)30-26(34)35-27(8,9)10)23(24(32)29-18(4)5)21-15-19(6)14-20(7)16-21/h14-18,22-23H,13H2,1-12H3,(H,29,32)(H,30,34). The Kier molecular flexibility index (Phi) is 10.4. The molecule has 0 saturated carbocycles. The maximum absolute atomic E-state index is 14.2. The molecule has 0 aliphatic rings. The van der Waals surface area contributed by atoms with Crippen LogP contribution >= 0.6 is 0 Å². The third kappa shape index (κ3) is 8.86. The third-order valence-corrected chi connectivity index (χ3v) is 5.86. The lowest BCUT2D eigenvalue weighted by molar-refractivity contribution is -0.150. The summed E-state index contributed by atoms with van der Waals surface area (Å²) in [6.07, 6.45) is -0.0416. The van der Waals surface area contributed by atoms with Gasteiger partial charge in [-0.1, -0.05) is 50.1 Å². The minimum atomic E-state index is -0.865. The molecular weight excluding hydrogens is 442 g/mol. The smallest absolute Gasteiger partial charge is 0.408 e. The lowest BCUT2D eigenvalue weighted by atomic mass is 9.89. The summed E-state index contributed by atoms with van der Waals surface area (Å²) in [5, 5.41) is 5.78. The number of benzene rings is 1. The topological polar surface area (TPSA) is 87.7 Å². The lowest BCUT2D eigenvalue weighted by Gasteiger charge is -2.45. The molecule has 0 spiro atoms. The van der Waals surface area contributed by atoms with Gasteiger partial charge in [-0.25, -0.2) is 4.79 Å². The second kappa shape index (κ2) is 11.9. The molecule has 0 bridgehead atoms. The highest BCUT2D eigenvalue weighted by Crippen LogP contribution is 2.34. The van der Waals surface area contributed by atoms with E-state index >= 15 is 0 Å². The Bertz CT molecular complexity index is 880. The van der Waals surface area contributed by atoms with Crippen LogP contribution in [-0.4, -0.2) is 46.0 Å². The van der Waals surface area contributed by atoms with E-state index in [4.69, 9.17) is 4.74 Å². The number of carbonyl (C=O) groups excluding carboxylic acids is 3. The van der Waals surface area contributed by atoms with E-state index in [1.165, 1.54) is 0 Å². The summed E-state index contributed by atoms with van der Waals surface area (Å²) in [6, 6.07) is 4.12. The summed E-state index contributed by atoms with van der Waals surface area (Å²) in [4.78, 5) is 42.2. The van der Waals surface area contributed by atoms with E-state index in [0.717, 1.165) is 16.7 Å². The van der Waals surface area contributed by atoms with E-state index in [9.17, 15) is 14.4 Å². The SMILES string of the molecule is CCC(C)(C)N(C(=O)C(NC(=O)OC(C)(C)C)C(C)C)C(C(=O)NC(C)C)c1cc(C)cc(C)c1. The van der Waals surface area contributed by atoms with Gasteiger partial charge >= 0.3 is 6.09 Å². The van der Waals surface area contributed by atoms with Crippen molar-refractivity contribution in [3.63, 3.8) is 0 Å². The number of nitrogens with zero attached hydrogens (tertiary/aromatic N) is 1. The monoisotopic (exact) mass is 489 g/mol. The predicted molar refractivity (Wildman–Crippen MR) is 141 cm³/mol. The molecule has 7 heteroatoms. The molecule has 2 unspecified atom stereocenters. The molecule has 0 radical (unpaired) electrons. The Labute approximate surface area is 212 Å². The summed E-state index contributed by atoms with van der Waals surface area (Å²) in [5.74, 6) is -0.793. The molecule has 0 aliphatic carbocycles. The predicted octanol–water partition coefficient (Wildman–Crippen LogP) is 5.44. The minimum Gasteiger partial charge on any atom is -0.444 e. The number of alkyl carbamates (subject to hydrolysis) is 1. The van der Waals surface area contributed by atoms with Gasteiger partial charge in [-0.05, 0) is 80.2 Å². The second-order valence-electron chi connectivity index (χ2n) is 11.7. The first-order valence-electron chi connectivity index (χ1n) is 12.6. The van der Waals surface area contributed by atoms with E-state index in [1.807, 2.05) is 80.5 Å². The van der Waals surface area contributed by atoms with Gasteiger partial charge in [0.1, 0.15) is 17.7 Å². The fourth-order valence-corrected chi connectivity index (χ4v) is 3.99. The molecule has 0 heterocycles. The van der Waals surface area contributed by atoms with E-state index in [1.54, 1.807) is 25.7 Å². The van der Waals surface area contributed by atoms with Crippen molar-refractivity contribution in [2.24, 2.45) is 5.92 Å². The Morgan fingerprint density at radius 2 is 1.43 bits per heavy atom. The number of rotatable bonds is 9. The average Bonchev–Trinajstić information content (AvgIpc) is 2.66. The third-order valence-electron chi connectivity index (χ3n) is 5.86. The van der Waals surface area contributed by atoms with Crippen molar-refractivity contribution in [3.8, 4) is 0 Å². The Morgan fingerprint density at radius 1 is 0.914 bits per heavy atom. The zero-order chi connectivity index (χ0) is 27.3. The molecule has 1 rings (SSSR count). The van der Waals surface area contributed by atoms with E-state index < -0.39 is 29.3 Å². The van der Waals surface area contributed by atoms with Gasteiger partial charge in [0.2, 0.25) is 11.8 Å². The minimum absolute atomic E-state index is 0.0987. The van der Waals surface area contributed by atoms with Crippen LogP contribution in [-0.2, 0) is 14.3 Å². The van der Waals surface area contributed by atoms with Crippen LogP contribution in [0.4, 0.5) is 4.79 Å². The molecule has 0 saturated heterocycles. The van der Waals surface area contributed by atoms with Crippen molar-refractivity contribution in [2.75, 3.05) is 0 Å². The van der Waals surface area contributed by atoms with Gasteiger partial charge in [0, 0.05) is 11.6 Å². The van der Waals surface area contributed by atoms with Gasteiger partial charge in [0.25, 0.3) is 0 Å². The summed E-state index contributed by atoms with van der Waals surface area (Å²) in [6.45, 7) is 22.7. The number of amides is 3. The zero-order valence-corrected chi connectivity index (χ0v) is 23.8. The highest BCUT2D eigenvalue weighted by molar-refractivity contribution is 5.93. The number of carbonyl (C=O) groups is 3. The van der Waals surface area contributed by atoms with Gasteiger partial charge in [-0.15, -0.1) is 0 Å². The summed E-state index contributed by atoms with van der Waals surface area (Å²) in [5.41, 5.74) is 1.40. The first-order chi connectivity index (χ1) is 15.9. The van der Waals surface area contributed by atoms with Crippen LogP contribution < -0.4 is 10.6 Å². The van der Waals surface area contributed by atoms with Crippen LogP contribution in [0.2, 0.25) is 0 Å². The zero-order valence-electron chi connectivity index (χ0n) is 23.8.